The highest BCUT2D eigenvalue weighted by molar-refractivity contribution is 5.91. The number of nitrogens with two attached hydrogens (primary N) is 1. The van der Waals surface area contributed by atoms with Crippen LogP contribution in [0.5, 0.6) is 0 Å². The fourth-order valence-electron chi connectivity index (χ4n) is 1.43. The summed E-state index contributed by atoms with van der Waals surface area (Å²) in [6, 6.07) is -2.82. The molecule has 0 spiro atoms. The average Bonchev–Trinajstić information content (AvgIpc) is 2.38. The van der Waals surface area contributed by atoms with Gasteiger partial charge >= 0.3 is 11.9 Å². The molecule has 7 N–H and O–H groups in total. The van der Waals surface area contributed by atoms with Gasteiger partial charge in [0.2, 0.25) is 11.8 Å². The van der Waals surface area contributed by atoms with Crippen LogP contribution < -0.4 is 16.4 Å². The van der Waals surface area contributed by atoms with Crippen LogP contribution in [-0.2, 0) is 19.2 Å². The maximum atomic E-state index is 11.9. The molecule has 0 aliphatic carbocycles. The molecule has 0 saturated carbocycles. The van der Waals surface area contributed by atoms with E-state index in [0.717, 1.165) is 0 Å². The molecule has 0 aromatic carbocycles. The van der Waals surface area contributed by atoms with Gasteiger partial charge in [0.1, 0.15) is 6.04 Å². The minimum absolute atomic E-state index is 0.237. The summed E-state index contributed by atoms with van der Waals surface area (Å²) in [6.07, 6.45) is -2.01. The van der Waals surface area contributed by atoms with Crippen LogP contribution in [0.25, 0.3) is 0 Å². The van der Waals surface area contributed by atoms with Crippen molar-refractivity contribution in [1.82, 2.24) is 10.6 Å². The second-order valence-electron chi connectivity index (χ2n) is 4.32. The predicted octanol–water partition coefficient (Wildman–Crippen LogP) is -2.76. The van der Waals surface area contributed by atoms with E-state index in [1.54, 1.807) is 0 Å². The summed E-state index contributed by atoms with van der Waals surface area (Å²) >= 11 is 0. The Morgan fingerprint density at radius 3 is 2.10 bits per heavy atom. The second-order valence-corrected chi connectivity index (χ2v) is 4.32. The van der Waals surface area contributed by atoms with Crippen LogP contribution in [0.15, 0.2) is 0 Å². The number of rotatable bonds is 9. The lowest BCUT2D eigenvalue weighted by Gasteiger charge is -2.22. The standard InChI is InChI=1S/C11H19N3O7/c1-5(15)9(11(20)21)14-10(19)6(2-3-8(17)18)13-7(16)4-12/h5-6,9,15H,2-4,12H2,1H3,(H,13,16)(H,14,19)(H,17,18)(H,20,21)/t5-,6+,9+/m1/s1. The molecular formula is C11H19N3O7. The number of aliphatic hydroxyl groups is 1. The summed E-state index contributed by atoms with van der Waals surface area (Å²) in [6.45, 7) is 0.763. The van der Waals surface area contributed by atoms with E-state index in [4.69, 9.17) is 15.9 Å². The first kappa shape index (κ1) is 18.8. The normalized spacial score (nSPS) is 14.6. The van der Waals surface area contributed by atoms with Crippen molar-refractivity contribution < 1.29 is 34.5 Å². The summed E-state index contributed by atoms with van der Waals surface area (Å²) in [5.41, 5.74) is 5.08. The van der Waals surface area contributed by atoms with E-state index in [0.29, 0.717) is 0 Å². The van der Waals surface area contributed by atoms with Gasteiger partial charge in [0.25, 0.3) is 0 Å². The van der Waals surface area contributed by atoms with Crippen LogP contribution in [0.1, 0.15) is 19.8 Å². The first-order valence-corrected chi connectivity index (χ1v) is 6.11. The molecule has 0 bridgehead atoms. The fraction of sp³-hybridized carbons (Fsp3) is 0.636. The summed E-state index contributed by atoms with van der Waals surface area (Å²) in [7, 11) is 0. The summed E-state index contributed by atoms with van der Waals surface area (Å²) in [5, 5.41) is 30.9. The zero-order valence-corrected chi connectivity index (χ0v) is 11.4. The van der Waals surface area contributed by atoms with E-state index in [1.807, 2.05) is 5.32 Å². The molecule has 2 amide bonds. The Morgan fingerprint density at radius 2 is 1.71 bits per heavy atom. The molecule has 0 rings (SSSR count). The zero-order chi connectivity index (χ0) is 16.6. The van der Waals surface area contributed by atoms with Crippen molar-refractivity contribution in [2.24, 2.45) is 5.73 Å². The summed E-state index contributed by atoms with van der Waals surface area (Å²) in [4.78, 5) is 44.5. The summed E-state index contributed by atoms with van der Waals surface area (Å²) < 4.78 is 0. The van der Waals surface area contributed by atoms with Crippen molar-refractivity contribution in [3.63, 3.8) is 0 Å². The van der Waals surface area contributed by atoms with E-state index in [1.165, 1.54) is 6.92 Å². The molecule has 10 nitrogen and oxygen atoms in total. The number of amides is 2. The van der Waals surface area contributed by atoms with Crippen LogP contribution >= 0.6 is 0 Å². The second kappa shape index (κ2) is 8.87. The highest BCUT2D eigenvalue weighted by atomic mass is 16.4. The SMILES string of the molecule is C[C@@H](O)[C@H](NC(=O)[C@H](CCC(=O)O)NC(=O)CN)C(=O)O. The Balaban J connectivity index is 4.86. The first-order chi connectivity index (χ1) is 9.68. The van der Waals surface area contributed by atoms with Gasteiger partial charge in [-0.2, -0.15) is 0 Å². The minimum Gasteiger partial charge on any atom is -0.481 e. The van der Waals surface area contributed by atoms with Gasteiger partial charge in [0.05, 0.1) is 12.6 Å². The Hall–Kier alpha value is -2.20. The molecule has 0 heterocycles. The number of hydrogen-bond acceptors (Lipinski definition) is 6. The van der Waals surface area contributed by atoms with Gasteiger partial charge in [-0.1, -0.05) is 0 Å². The van der Waals surface area contributed by atoms with E-state index in [-0.39, 0.29) is 6.42 Å². The number of carbonyl (C=O) groups is 4. The molecule has 10 heteroatoms. The molecule has 0 aliphatic rings. The highest BCUT2D eigenvalue weighted by Crippen LogP contribution is 2.01. The van der Waals surface area contributed by atoms with Crippen molar-refractivity contribution in [2.45, 2.75) is 38.0 Å². The Morgan fingerprint density at radius 1 is 1.14 bits per heavy atom. The van der Waals surface area contributed by atoms with Crippen molar-refractivity contribution in [3.05, 3.63) is 0 Å². The molecule has 0 fully saturated rings. The lowest BCUT2D eigenvalue weighted by atomic mass is 10.1. The van der Waals surface area contributed by atoms with Gasteiger partial charge in [-0.15, -0.1) is 0 Å². The van der Waals surface area contributed by atoms with Gasteiger partial charge in [-0.05, 0) is 13.3 Å². The van der Waals surface area contributed by atoms with Gasteiger partial charge in [0.15, 0.2) is 6.04 Å². The third kappa shape index (κ3) is 7.22. The smallest absolute Gasteiger partial charge is 0.328 e. The number of hydrogen-bond donors (Lipinski definition) is 6. The molecular weight excluding hydrogens is 286 g/mol. The number of carboxylic acid groups (broad SMARTS) is 2. The molecule has 0 aliphatic heterocycles. The van der Waals surface area contributed by atoms with Crippen molar-refractivity contribution >= 4 is 23.8 Å². The molecule has 21 heavy (non-hydrogen) atoms. The number of nitrogens with one attached hydrogen (secondary N) is 2. The van der Waals surface area contributed by atoms with E-state index < -0.39 is 54.9 Å². The third-order valence-electron chi connectivity index (χ3n) is 2.53. The van der Waals surface area contributed by atoms with E-state index in [9.17, 15) is 24.3 Å². The van der Waals surface area contributed by atoms with Gasteiger partial charge in [-0.3, -0.25) is 14.4 Å². The lowest BCUT2D eigenvalue weighted by molar-refractivity contribution is -0.145. The molecule has 0 aromatic rings. The van der Waals surface area contributed by atoms with Gasteiger partial charge in [-0.25, -0.2) is 4.79 Å². The van der Waals surface area contributed by atoms with Crippen LogP contribution in [0, 0.1) is 0 Å². The number of aliphatic carboxylic acids is 2. The largest absolute Gasteiger partial charge is 0.481 e. The van der Waals surface area contributed by atoms with Crippen molar-refractivity contribution in [1.29, 1.82) is 0 Å². The van der Waals surface area contributed by atoms with Crippen LogP contribution in [-0.4, -0.2) is 63.8 Å². The Bertz CT molecular complexity index is 411. The Kier molecular flexibility index (Phi) is 7.94. The van der Waals surface area contributed by atoms with E-state index in [2.05, 4.69) is 5.32 Å². The van der Waals surface area contributed by atoms with Crippen LogP contribution in [0.4, 0.5) is 0 Å². The minimum atomic E-state index is -1.57. The van der Waals surface area contributed by atoms with Crippen molar-refractivity contribution in [2.75, 3.05) is 6.54 Å². The molecule has 0 aromatic heterocycles. The molecule has 120 valence electrons. The van der Waals surface area contributed by atoms with Crippen LogP contribution in [0.3, 0.4) is 0 Å². The van der Waals surface area contributed by atoms with Crippen molar-refractivity contribution in [3.8, 4) is 0 Å². The predicted molar refractivity (Wildman–Crippen MR) is 69.1 cm³/mol. The maximum Gasteiger partial charge on any atom is 0.328 e. The molecule has 0 saturated heterocycles. The molecule has 0 radical (unpaired) electrons. The lowest BCUT2D eigenvalue weighted by Crippen LogP contribution is -2.55. The Labute approximate surface area is 120 Å². The van der Waals surface area contributed by atoms with Gasteiger partial charge < -0.3 is 31.7 Å². The fourth-order valence-corrected chi connectivity index (χ4v) is 1.43. The monoisotopic (exact) mass is 305 g/mol. The number of carboxylic acids is 2. The molecule has 0 unspecified atom stereocenters. The van der Waals surface area contributed by atoms with Gasteiger partial charge in [0, 0.05) is 6.42 Å². The molecule has 3 atom stereocenters. The van der Waals surface area contributed by atoms with Crippen LogP contribution in [0.2, 0.25) is 0 Å². The van der Waals surface area contributed by atoms with E-state index >= 15 is 0 Å². The maximum absolute atomic E-state index is 11.9. The number of aliphatic hydroxyl groups excluding tert-OH is 1. The average molecular weight is 305 g/mol. The first-order valence-electron chi connectivity index (χ1n) is 6.11. The summed E-state index contributed by atoms with van der Waals surface area (Å²) in [5.74, 6) is -4.24. The topological polar surface area (TPSA) is 179 Å². The third-order valence-corrected chi connectivity index (χ3v) is 2.53. The zero-order valence-electron chi connectivity index (χ0n) is 11.4. The number of carbonyl (C=O) groups excluding carboxylic acids is 2. The highest BCUT2D eigenvalue weighted by Gasteiger charge is 2.29. The quantitative estimate of drug-likeness (QED) is 0.265.